The summed E-state index contributed by atoms with van der Waals surface area (Å²) < 4.78 is 0. The van der Waals surface area contributed by atoms with Gasteiger partial charge in [0, 0.05) is 19.7 Å². The van der Waals surface area contributed by atoms with E-state index in [2.05, 4.69) is 5.32 Å². The molecule has 0 bridgehead atoms. The molecule has 0 heterocycles. The fraction of sp³-hybridized carbons (Fsp3) is 0.333. The maximum atomic E-state index is 11.7. The molecule has 114 valence electrons. The first kappa shape index (κ1) is 17.0. The van der Waals surface area contributed by atoms with Gasteiger partial charge in [0.25, 0.3) is 0 Å². The van der Waals surface area contributed by atoms with E-state index in [1.54, 1.807) is 30.1 Å². The quantitative estimate of drug-likeness (QED) is 0.759. The van der Waals surface area contributed by atoms with E-state index in [0.717, 1.165) is 18.2 Å². The lowest BCUT2D eigenvalue weighted by atomic mass is 10.2. The van der Waals surface area contributed by atoms with Gasteiger partial charge in [-0.15, -0.1) is 0 Å². The molecule has 6 heteroatoms. The Bertz CT molecular complexity index is 544. The van der Waals surface area contributed by atoms with Gasteiger partial charge in [-0.1, -0.05) is 24.6 Å². The molecule has 0 spiro atoms. The van der Waals surface area contributed by atoms with Crippen LogP contribution in [0.5, 0.6) is 0 Å². The summed E-state index contributed by atoms with van der Waals surface area (Å²) in [7, 11) is 1.78. The first-order chi connectivity index (χ1) is 9.93. The van der Waals surface area contributed by atoms with Crippen molar-refractivity contribution in [2.24, 2.45) is 0 Å². The van der Waals surface area contributed by atoms with Crippen LogP contribution in [-0.2, 0) is 9.59 Å². The number of benzene rings is 1. The number of hydrogen-bond donors (Lipinski definition) is 2. The minimum absolute atomic E-state index is 0.0646. The Kier molecular flexibility index (Phi) is 6.75. The lowest BCUT2D eigenvalue weighted by Gasteiger charge is -2.20. The van der Waals surface area contributed by atoms with Crippen molar-refractivity contribution >= 4 is 35.2 Å². The second-order valence-corrected chi connectivity index (χ2v) is 5.00. The molecule has 0 fully saturated rings. The molecule has 0 aliphatic rings. The van der Waals surface area contributed by atoms with Crippen molar-refractivity contribution in [2.75, 3.05) is 25.0 Å². The van der Waals surface area contributed by atoms with Gasteiger partial charge in [0.15, 0.2) is 0 Å². The molecule has 1 aromatic carbocycles. The molecule has 0 aliphatic carbocycles. The zero-order chi connectivity index (χ0) is 15.8. The third-order valence-electron chi connectivity index (χ3n) is 2.75. The van der Waals surface area contributed by atoms with Gasteiger partial charge in [0.1, 0.15) is 0 Å². The number of carbonyl (C=O) groups excluding carboxylic acids is 1. The Morgan fingerprint density at radius 1 is 1.43 bits per heavy atom. The third-order valence-corrected chi connectivity index (χ3v) is 3.06. The molecule has 1 rings (SSSR count). The number of halogens is 1. The number of carbonyl (C=O) groups is 2. The van der Waals surface area contributed by atoms with Gasteiger partial charge in [-0.05, 0) is 30.2 Å². The Balaban J connectivity index is 2.75. The number of nitrogens with zero attached hydrogens (tertiary/aromatic N) is 1. The zero-order valence-corrected chi connectivity index (χ0v) is 12.9. The monoisotopic (exact) mass is 310 g/mol. The molecular formula is C15H19ClN2O3. The van der Waals surface area contributed by atoms with E-state index in [1.165, 1.54) is 6.08 Å². The SMILES string of the molecule is CCCNC(=O)CN(C)c1ccc(/C=C/C(=O)O)cc1Cl. The summed E-state index contributed by atoms with van der Waals surface area (Å²) in [4.78, 5) is 23.9. The number of carboxylic acid groups (broad SMARTS) is 1. The van der Waals surface area contributed by atoms with E-state index in [4.69, 9.17) is 16.7 Å². The molecule has 1 aromatic rings. The maximum Gasteiger partial charge on any atom is 0.328 e. The number of rotatable bonds is 7. The lowest BCUT2D eigenvalue weighted by Crippen LogP contribution is -2.35. The van der Waals surface area contributed by atoms with Crippen LogP contribution in [-0.4, -0.2) is 37.1 Å². The van der Waals surface area contributed by atoms with Crippen molar-refractivity contribution in [3.63, 3.8) is 0 Å². The third kappa shape index (κ3) is 5.87. The van der Waals surface area contributed by atoms with Crippen molar-refractivity contribution < 1.29 is 14.7 Å². The second kappa shape index (κ2) is 8.32. The predicted octanol–water partition coefficient (Wildman–Crippen LogP) is 2.40. The Morgan fingerprint density at radius 3 is 2.71 bits per heavy atom. The molecule has 0 atom stereocenters. The second-order valence-electron chi connectivity index (χ2n) is 4.59. The highest BCUT2D eigenvalue weighted by Crippen LogP contribution is 2.26. The van der Waals surface area contributed by atoms with Crippen LogP contribution in [0.15, 0.2) is 24.3 Å². The summed E-state index contributed by atoms with van der Waals surface area (Å²) >= 11 is 6.17. The van der Waals surface area contributed by atoms with Crippen LogP contribution in [0.3, 0.4) is 0 Å². The summed E-state index contributed by atoms with van der Waals surface area (Å²) in [6.07, 6.45) is 3.40. The average Bonchev–Trinajstić information content (AvgIpc) is 2.42. The number of aliphatic carboxylic acids is 1. The Labute approximate surface area is 129 Å². The number of nitrogens with one attached hydrogen (secondary N) is 1. The molecular weight excluding hydrogens is 292 g/mol. The predicted molar refractivity (Wildman–Crippen MR) is 84.7 cm³/mol. The number of carboxylic acids is 1. The standard InChI is InChI=1S/C15H19ClN2O3/c1-3-8-17-14(19)10-18(2)13-6-4-11(9-12(13)16)5-7-15(20)21/h4-7,9H,3,8,10H2,1-2H3,(H,17,19)(H,20,21)/b7-5+. The van der Waals surface area contributed by atoms with Gasteiger partial charge in [0.2, 0.25) is 5.91 Å². The van der Waals surface area contributed by atoms with Crippen LogP contribution < -0.4 is 10.2 Å². The minimum Gasteiger partial charge on any atom is -0.478 e. The van der Waals surface area contributed by atoms with Crippen molar-refractivity contribution in [1.29, 1.82) is 0 Å². The molecule has 0 saturated heterocycles. The first-order valence-electron chi connectivity index (χ1n) is 6.62. The van der Waals surface area contributed by atoms with Crippen LogP contribution in [0.25, 0.3) is 6.08 Å². The molecule has 2 N–H and O–H groups in total. The highest BCUT2D eigenvalue weighted by atomic mass is 35.5. The van der Waals surface area contributed by atoms with E-state index in [0.29, 0.717) is 17.1 Å². The highest BCUT2D eigenvalue weighted by Gasteiger charge is 2.10. The summed E-state index contributed by atoms with van der Waals surface area (Å²) in [6.45, 7) is 2.85. The van der Waals surface area contributed by atoms with Crippen LogP contribution in [0.4, 0.5) is 5.69 Å². The summed E-state index contributed by atoms with van der Waals surface area (Å²) in [5.74, 6) is -1.08. The first-order valence-corrected chi connectivity index (χ1v) is 7.00. The number of hydrogen-bond acceptors (Lipinski definition) is 3. The van der Waals surface area contributed by atoms with Crippen molar-refractivity contribution in [1.82, 2.24) is 5.32 Å². The summed E-state index contributed by atoms with van der Waals surface area (Å²) in [5, 5.41) is 11.8. The molecule has 0 unspecified atom stereocenters. The number of amides is 1. The highest BCUT2D eigenvalue weighted by molar-refractivity contribution is 6.33. The molecule has 0 radical (unpaired) electrons. The van der Waals surface area contributed by atoms with Crippen molar-refractivity contribution in [2.45, 2.75) is 13.3 Å². The van der Waals surface area contributed by atoms with E-state index < -0.39 is 5.97 Å². The van der Waals surface area contributed by atoms with Crippen LogP contribution in [0.1, 0.15) is 18.9 Å². The van der Waals surface area contributed by atoms with Gasteiger partial charge in [-0.2, -0.15) is 0 Å². The van der Waals surface area contributed by atoms with E-state index in [9.17, 15) is 9.59 Å². The summed E-state index contributed by atoms with van der Waals surface area (Å²) in [5.41, 5.74) is 1.41. The van der Waals surface area contributed by atoms with Gasteiger partial charge < -0.3 is 15.3 Å². The molecule has 21 heavy (non-hydrogen) atoms. The maximum absolute atomic E-state index is 11.7. The normalized spacial score (nSPS) is 10.6. The summed E-state index contributed by atoms with van der Waals surface area (Å²) in [6, 6.07) is 5.18. The molecule has 0 saturated carbocycles. The van der Waals surface area contributed by atoms with Gasteiger partial charge in [-0.3, -0.25) is 4.79 Å². The molecule has 0 aromatic heterocycles. The van der Waals surface area contributed by atoms with Gasteiger partial charge >= 0.3 is 5.97 Å². The largest absolute Gasteiger partial charge is 0.478 e. The number of anilines is 1. The molecule has 1 amide bonds. The average molecular weight is 311 g/mol. The fourth-order valence-corrected chi connectivity index (χ4v) is 2.06. The van der Waals surface area contributed by atoms with Gasteiger partial charge in [0.05, 0.1) is 17.3 Å². The van der Waals surface area contributed by atoms with Crippen LogP contribution >= 0.6 is 11.6 Å². The minimum atomic E-state index is -1.01. The Morgan fingerprint density at radius 2 is 2.14 bits per heavy atom. The number of likely N-dealkylation sites (N-methyl/N-ethyl adjacent to an activating group) is 1. The molecule has 5 nitrogen and oxygen atoms in total. The Hall–Kier alpha value is -2.01. The van der Waals surface area contributed by atoms with Crippen LogP contribution in [0, 0.1) is 0 Å². The van der Waals surface area contributed by atoms with Gasteiger partial charge in [-0.25, -0.2) is 4.79 Å². The van der Waals surface area contributed by atoms with E-state index >= 15 is 0 Å². The van der Waals surface area contributed by atoms with E-state index in [-0.39, 0.29) is 12.5 Å². The topological polar surface area (TPSA) is 69.6 Å². The van der Waals surface area contributed by atoms with Crippen molar-refractivity contribution in [3.8, 4) is 0 Å². The fourth-order valence-electron chi connectivity index (χ4n) is 1.72. The van der Waals surface area contributed by atoms with Crippen LogP contribution in [0.2, 0.25) is 5.02 Å². The zero-order valence-electron chi connectivity index (χ0n) is 12.1. The molecule has 0 aliphatic heterocycles. The van der Waals surface area contributed by atoms with E-state index in [1.807, 2.05) is 6.92 Å². The lowest BCUT2D eigenvalue weighted by molar-refractivity contribution is -0.131. The smallest absolute Gasteiger partial charge is 0.328 e. The van der Waals surface area contributed by atoms with Crippen molar-refractivity contribution in [3.05, 3.63) is 34.9 Å².